The normalized spacial score (nSPS) is 17.2. The van der Waals surface area contributed by atoms with Crippen LogP contribution in [0.1, 0.15) is 25.1 Å². The molecule has 10 nitrogen and oxygen atoms in total. The lowest BCUT2D eigenvalue weighted by atomic mass is 10.1. The molecule has 3 aromatic rings. The fraction of sp³-hybridized carbons (Fsp3) is 0.520. The summed E-state index contributed by atoms with van der Waals surface area (Å²) >= 11 is 0. The van der Waals surface area contributed by atoms with Gasteiger partial charge in [-0.05, 0) is 39.1 Å². The Labute approximate surface area is 214 Å². The maximum Gasteiger partial charge on any atom is 0.296 e. The molecule has 2 aliphatic heterocycles. The van der Waals surface area contributed by atoms with Crippen LogP contribution in [0.5, 0.6) is 0 Å². The van der Waals surface area contributed by atoms with Crippen LogP contribution >= 0.6 is 0 Å². The maximum absolute atomic E-state index is 14.1. The van der Waals surface area contributed by atoms with Crippen molar-refractivity contribution in [1.29, 1.82) is 0 Å². The number of halogens is 2. The molecule has 2 aromatic heterocycles. The van der Waals surface area contributed by atoms with E-state index >= 15 is 0 Å². The number of hydrogen-bond acceptors (Lipinski definition) is 8. The molecule has 0 unspecified atom stereocenters. The summed E-state index contributed by atoms with van der Waals surface area (Å²) in [6, 6.07) is 8.84. The van der Waals surface area contributed by atoms with Crippen molar-refractivity contribution in [3.8, 4) is 5.82 Å². The number of nitrogens with zero attached hydrogens (tertiary/aromatic N) is 7. The number of aromatic nitrogens is 4. The Balaban J connectivity index is 1.45. The number of morpholine rings is 1. The number of anilines is 2. The van der Waals surface area contributed by atoms with Gasteiger partial charge in [0, 0.05) is 38.3 Å². The minimum atomic E-state index is -2.77. The molecule has 0 aliphatic carbocycles. The van der Waals surface area contributed by atoms with E-state index in [2.05, 4.69) is 20.2 Å². The number of imidazole rings is 1. The van der Waals surface area contributed by atoms with Gasteiger partial charge < -0.3 is 24.8 Å². The molecule has 0 atom stereocenters. The van der Waals surface area contributed by atoms with E-state index < -0.39 is 6.43 Å². The van der Waals surface area contributed by atoms with Crippen molar-refractivity contribution in [2.45, 2.75) is 25.3 Å². The SMILES string of the molecule is CN(C)CC(=O)N1CCC(Nc2nc(N3CCOCC3)cc(-n3c(C(F)F)nc4ccccc43)n2)CC1. The predicted octanol–water partition coefficient (Wildman–Crippen LogP) is 2.55. The van der Waals surface area contributed by atoms with Crippen molar-refractivity contribution in [3.05, 3.63) is 36.2 Å². The van der Waals surface area contributed by atoms with Gasteiger partial charge in [0.05, 0.1) is 30.8 Å². The summed E-state index contributed by atoms with van der Waals surface area (Å²) < 4.78 is 35.0. The summed E-state index contributed by atoms with van der Waals surface area (Å²) in [6.45, 7) is 4.10. The third-order valence-electron chi connectivity index (χ3n) is 6.68. The van der Waals surface area contributed by atoms with Gasteiger partial charge in [-0.25, -0.2) is 13.8 Å². The van der Waals surface area contributed by atoms with Gasteiger partial charge in [-0.1, -0.05) is 12.1 Å². The topological polar surface area (TPSA) is 91.7 Å². The van der Waals surface area contributed by atoms with Gasteiger partial charge >= 0.3 is 0 Å². The number of piperidine rings is 1. The van der Waals surface area contributed by atoms with E-state index in [1.54, 1.807) is 30.3 Å². The largest absolute Gasteiger partial charge is 0.378 e. The Morgan fingerprint density at radius 3 is 2.49 bits per heavy atom. The summed E-state index contributed by atoms with van der Waals surface area (Å²) in [5.41, 5.74) is 1.04. The molecule has 198 valence electrons. The van der Waals surface area contributed by atoms with E-state index in [-0.39, 0.29) is 17.8 Å². The van der Waals surface area contributed by atoms with Crippen LogP contribution in [0, 0.1) is 0 Å². The second kappa shape index (κ2) is 10.9. The number of rotatable bonds is 7. The zero-order valence-corrected chi connectivity index (χ0v) is 21.1. The smallest absolute Gasteiger partial charge is 0.296 e. The summed E-state index contributed by atoms with van der Waals surface area (Å²) in [4.78, 5) is 31.8. The second-order valence-electron chi connectivity index (χ2n) is 9.64. The Bertz CT molecular complexity index is 1240. The number of benzene rings is 1. The number of carbonyl (C=O) groups excluding carboxylic acids is 1. The fourth-order valence-corrected chi connectivity index (χ4v) is 4.81. The van der Waals surface area contributed by atoms with Crippen LogP contribution in [0.15, 0.2) is 30.3 Å². The molecule has 2 fully saturated rings. The monoisotopic (exact) mass is 514 g/mol. The first kappa shape index (κ1) is 25.3. The molecular weight excluding hydrogens is 482 g/mol. The Morgan fingerprint density at radius 2 is 1.78 bits per heavy atom. The molecule has 2 aliphatic rings. The minimum absolute atomic E-state index is 0.0605. The van der Waals surface area contributed by atoms with E-state index in [1.165, 1.54) is 4.57 Å². The van der Waals surface area contributed by atoms with Crippen LogP contribution in [0.3, 0.4) is 0 Å². The fourth-order valence-electron chi connectivity index (χ4n) is 4.81. The first-order valence-electron chi connectivity index (χ1n) is 12.6. The molecule has 37 heavy (non-hydrogen) atoms. The number of amides is 1. The van der Waals surface area contributed by atoms with Gasteiger partial charge in [0.1, 0.15) is 11.6 Å². The van der Waals surface area contributed by atoms with E-state index in [1.807, 2.05) is 23.9 Å². The van der Waals surface area contributed by atoms with Crippen molar-refractivity contribution in [1.82, 2.24) is 29.3 Å². The van der Waals surface area contributed by atoms with Gasteiger partial charge in [-0.2, -0.15) is 9.97 Å². The van der Waals surface area contributed by atoms with Crippen LogP contribution in [-0.2, 0) is 9.53 Å². The minimum Gasteiger partial charge on any atom is -0.378 e. The Kier molecular flexibility index (Phi) is 7.47. The van der Waals surface area contributed by atoms with Crippen molar-refractivity contribution >= 4 is 28.7 Å². The van der Waals surface area contributed by atoms with E-state index in [9.17, 15) is 13.6 Å². The Morgan fingerprint density at radius 1 is 1.08 bits per heavy atom. The molecule has 4 heterocycles. The molecule has 2 saturated heterocycles. The zero-order valence-electron chi connectivity index (χ0n) is 21.1. The molecule has 0 spiro atoms. The van der Waals surface area contributed by atoms with Gasteiger partial charge in [0.25, 0.3) is 6.43 Å². The number of alkyl halides is 2. The lowest BCUT2D eigenvalue weighted by Crippen LogP contribution is -2.45. The average Bonchev–Trinajstić information content (AvgIpc) is 3.29. The first-order chi connectivity index (χ1) is 17.9. The molecule has 12 heteroatoms. The van der Waals surface area contributed by atoms with Crippen LogP contribution in [0.25, 0.3) is 16.9 Å². The van der Waals surface area contributed by atoms with Crippen molar-refractivity contribution in [3.63, 3.8) is 0 Å². The third kappa shape index (κ3) is 5.64. The average molecular weight is 515 g/mol. The molecule has 0 saturated carbocycles. The molecular formula is C25H32F2N8O2. The molecule has 1 amide bonds. The van der Waals surface area contributed by atoms with E-state index in [0.717, 1.165) is 12.8 Å². The number of para-hydroxylation sites is 2. The number of carbonyl (C=O) groups is 1. The number of nitrogens with one attached hydrogen (secondary N) is 1. The standard InChI is InChI=1S/C25H32F2N8O2/c1-32(2)16-22(36)34-9-7-17(8-10-34)28-25-30-20(33-11-13-37-14-12-33)15-21(31-25)35-19-6-4-3-5-18(19)29-24(35)23(26)27/h3-6,15,17,23H,7-14,16H2,1-2H3,(H,28,30,31). The third-order valence-corrected chi connectivity index (χ3v) is 6.68. The van der Waals surface area contributed by atoms with Crippen molar-refractivity contribution in [2.24, 2.45) is 0 Å². The number of fused-ring (bicyclic) bond motifs is 1. The molecule has 0 bridgehead atoms. The number of likely N-dealkylation sites (N-methyl/N-ethyl adjacent to an activating group) is 1. The number of ether oxygens (including phenoxy) is 1. The number of likely N-dealkylation sites (tertiary alicyclic amines) is 1. The molecule has 1 aromatic carbocycles. The van der Waals surface area contributed by atoms with Crippen molar-refractivity contribution in [2.75, 3.05) is 70.2 Å². The highest BCUT2D eigenvalue weighted by molar-refractivity contribution is 5.79. The van der Waals surface area contributed by atoms with Crippen LogP contribution in [0.4, 0.5) is 20.5 Å². The highest BCUT2D eigenvalue weighted by Gasteiger charge is 2.26. The zero-order chi connectivity index (χ0) is 25.9. The highest BCUT2D eigenvalue weighted by atomic mass is 19.3. The summed E-state index contributed by atoms with van der Waals surface area (Å²) in [5.74, 6) is 1.11. The van der Waals surface area contributed by atoms with Gasteiger partial charge in [-0.3, -0.25) is 9.36 Å². The lowest BCUT2D eigenvalue weighted by molar-refractivity contribution is -0.132. The number of hydrogen-bond donors (Lipinski definition) is 1. The van der Waals surface area contributed by atoms with Crippen LogP contribution in [0.2, 0.25) is 0 Å². The van der Waals surface area contributed by atoms with Gasteiger partial charge in [0.2, 0.25) is 11.9 Å². The Hall–Kier alpha value is -3.38. The maximum atomic E-state index is 14.1. The highest BCUT2D eigenvalue weighted by Crippen LogP contribution is 2.29. The molecule has 5 rings (SSSR count). The van der Waals surface area contributed by atoms with Crippen LogP contribution < -0.4 is 10.2 Å². The van der Waals surface area contributed by atoms with Crippen LogP contribution in [-0.4, -0.2) is 101 Å². The van der Waals surface area contributed by atoms with Gasteiger partial charge in [0.15, 0.2) is 5.82 Å². The molecule has 1 N–H and O–H groups in total. The lowest BCUT2D eigenvalue weighted by Gasteiger charge is -2.33. The van der Waals surface area contributed by atoms with Gasteiger partial charge in [-0.15, -0.1) is 0 Å². The second-order valence-corrected chi connectivity index (χ2v) is 9.64. The quantitative estimate of drug-likeness (QED) is 0.515. The van der Waals surface area contributed by atoms with Crippen molar-refractivity contribution < 1.29 is 18.3 Å². The predicted molar refractivity (Wildman–Crippen MR) is 136 cm³/mol. The first-order valence-corrected chi connectivity index (χ1v) is 12.6. The summed E-state index contributed by atoms with van der Waals surface area (Å²) in [6.07, 6.45) is -1.28. The summed E-state index contributed by atoms with van der Waals surface area (Å²) in [7, 11) is 3.76. The molecule has 0 radical (unpaired) electrons. The van der Waals surface area contributed by atoms with E-state index in [4.69, 9.17) is 9.72 Å². The van der Waals surface area contributed by atoms with E-state index in [0.29, 0.717) is 74.6 Å². The summed E-state index contributed by atoms with van der Waals surface area (Å²) in [5, 5.41) is 3.41.